The fraction of sp³-hybridized carbons (Fsp3) is 0.333. The number of nitrogens with zero attached hydrogens (tertiary/aromatic N) is 2. The lowest BCUT2D eigenvalue weighted by molar-refractivity contribution is 0.0726. The van der Waals surface area contributed by atoms with Gasteiger partial charge >= 0.3 is 0 Å². The number of pyridine rings is 1. The lowest BCUT2D eigenvalue weighted by Gasteiger charge is -2.30. The van der Waals surface area contributed by atoms with Crippen LogP contribution >= 0.6 is 15.9 Å². The summed E-state index contributed by atoms with van der Waals surface area (Å²) in [5.41, 5.74) is 0.569. The number of rotatable bonds is 1. The molecule has 0 radical (unpaired) electrons. The van der Waals surface area contributed by atoms with Crippen LogP contribution in [0.15, 0.2) is 36.5 Å². The standard InChI is InChI=1S/C15H15BrN2O/c16-12-5-3-9-18(10-12)15(19)14-13-6-2-1-4-11(13)7-8-17-14/h1-2,4,6-8,12H,3,5,9-10H2. The van der Waals surface area contributed by atoms with Gasteiger partial charge in [0.1, 0.15) is 5.69 Å². The molecule has 0 bridgehead atoms. The zero-order valence-corrected chi connectivity index (χ0v) is 12.1. The molecule has 1 aromatic carbocycles. The van der Waals surface area contributed by atoms with E-state index in [9.17, 15) is 4.79 Å². The molecule has 1 aliphatic rings. The Bertz CT molecular complexity index is 609. The van der Waals surface area contributed by atoms with E-state index in [1.165, 1.54) is 0 Å². The Balaban J connectivity index is 1.97. The van der Waals surface area contributed by atoms with Gasteiger partial charge in [-0.25, -0.2) is 0 Å². The minimum absolute atomic E-state index is 0.0425. The minimum atomic E-state index is 0.0425. The van der Waals surface area contributed by atoms with Gasteiger partial charge in [0.2, 0.25) is 0 Å². The van der Waals surface area contributed by atoms with E-state index < -0.39 is 0 Å². The van der Waals surface area contributed by atoms with E-state index in [0.717, 1.165) is 36.7 Å². The van der Waals surface area contributed by atoms with Crippen molar-refractivity contribution in [2.24, 2.45) is 0 Å². The van der Waals surface area contributed by atoms with Crippen molar-refractivity contribution in [1.29, 1.82) is 0 Å². The van der Waals surface area contributed by atoms with Gasteiger partial charge in [0.25, 0.3) is 5.91 Å². The van der Waals surface area contributed by atoms with Gasteiger partial charge in [0.05, 0.1) is 0 Å². The van der Waals surface area contributed by atoms with Crippen LogP contribution < -0.4 is 0 Å². The molecule has 0 saturated carbocycles. The maximum absolute atomic E-state index is 12.6. The number of benzene rings is 1. The van der Waals surface area contributed by atoms with Crippen molar-refractivity contribution in [3.8, 4) is 0 Å². The summed E-state index contributed by atoms with van der Waals surface area (Å²) in [4.78, 5) is 19.2. The van der Waals surface area contributed by atoms with Crippen molar-refractivity contribution >= 4 is 32.6 Å². The van der Waals surface area contributed by atoms with Gasteiger partial charge in [-0.2, -0.15) is 0 Å². The average molecular weight is 319 g/mol. The lowest BCUT2D eigenvalue weighted by Crippen LogP contribution is -2.40. The molecule has 0 N–H and O–H groups in total. The zero-order valence-electron chi connectivity index (χ0n) is 10.6. The summed E-state index contributed by atoms with van der Waals surface area (Å²) in [5.74, 6) is 0.0425. The van der Waals surface area contributed by atoms with E-state index >= 15 is 0 Å². The van der Waals surface area contributed by atoms with Crippen molar-refractivity contribution in [3.63, 3.8) is 0 Å². The number of halogens is 1. The largest absolute Gasteiger partial charge is 0.336 e. The molecule has 1 atom stereocenters. The molecule has 3 rings (SSSR count). The molecule has 1 aliphatic heterocycles. The first-order valence-corrected chi connectivity index (χ1v) is 7.44. The summed E-state index contributed by atoms with van der Waals surface area (Å²) in [5, 5.41) is 2.00. The summed E-state index contributed by atoms with van der Waals surface area (Å²) in [6.07, 6.45) is 3.89. The Morgan fingerprint density at radius 2 is 2.16 bits per heavy atom. The molecule has 98 valence electrons. The number of aromatic nitrogens is 1. The highest BCUT2D eigenvalue weighted by atomic mass is 79.9. The van der Waals surface area contributed by atoms with Crippen LogP contribution in [-0.4, -0.2) is 33.7 Å². The van der Waals surface area contributed by atoms with Crippen molar-refractivity contribution in [2.75, 3.05) is 13.1 Å². The third-order valence-corrected chi connectivity index (χ3v) is 4.27. The van der Waals surface area contributed by atoms with Gasteiger partial charge in [-0.1, -0.05) is 40.2 Å². The second-order valence-electron chi connectivity index (χ2n) is 4.87. The molecule has 2 aromatic rings. The molecule has 1 saturated heterocycles. The van der Waals surface area contributed by atoms with Crippen LogP contribution in [0.4, 0.5) is 0 Å². The quantitative estimate of drug-likeness (QED) is 0.756. The number of carbonyl (C=O) groups excluding carboxylic acids is 1. The van der Waals surface area contributed by atoms with Gasteiger partial charge < -0.3 is 4.90 Å². The normalized spacial score (nSPS) is 19.6. The number of amides is 1. The Kier molecular flexibility index (Phi) is 3.51. The Hall–Kier alpha value is -1.42. The van der Waals surface area contributed by atoms with Crippen LogP contribution in [-0.2, 0) is 0 Å². The third-order valence-electron chi connectivity index (χ3n) is 3.53. The van der Waals surface area contributed by atoms with Crippen molar-refractivity contribution in [1.82, 2.24) is 9.88 Å². The van der Waals surface area contributed by atoms with Crippen molar-refractivity contribution < 1.29 is 4.79 Å². The number of piperidine rings is 1. The molecule has 1 aromatic heterocycles. The number of likely N-dealkylation sites (tertiary alicyclic amines) is 1. The monoisotopic (exact) mass is 318 g/mol. The Labute approximate surface area is 120 Å². The number of hydrogen-bond donors (Lipinski definition) is 0. The zero-order chi connectivity index (χ0) is 13.2. The highest BCUT2D eigenvalue weighted by Crippen LogP contribution is 2.22. The van der Waals surface area contributed by atoms with Crippen LogP contribution in [0.1, 0.15) is 23.3 Å². The fourth-order valence-electron chi connectivity index (χ4n) is 2.55. The topological polar surface area (TPSA) is 33.2 Å². The third kappa shape index (κ3) is 2.50. The maximum Gasteiger partial charge on any atom is 0.273 e. The molecule has 1 fully saturated rings. The second-order valence-corrected chi connectivity index (χ2v) is 6.17. The van der Waals surface area contributed by atoms with E-state index in [-0.39, 0.29) is 5.91 Å². The number of carbonyl (C=O) groups is 1. The van der Waals surface area contributed by atoms with Gasteiger partial charge in [0.15, 0.2) is 0 Å². The average Bonchev–Trinajstić information content (AvgIpc) is 2.46. The van der Waals surface area contributed by atoms with Gasteiger partial charge in [-0.15, -0.1) is 0 Å². The van der Waals surface area contributed by atoms with Crippen LogP contribution in [0.3, 0.4) is 0 Å². The first kappa shape index (κ1) is 12.6. The molecular weight excluding hydrogens is 304 g/mol. The molecule has 4 heteroatoms. The van der Waals surface area contributed by atoms with E-state index in [0.29, 0.717) is 10.5 Å². The predicted molar refractivity (Wildman–Crippen MR) is 79.6 cm³/mol. The summed E-state index contributed by atoms with van der Waals surface area (Å²) >= 11 is 3.60. The maximum atomic E-state index is 12.6. The molecular formula is C15H15BrN2O. The second kappa shape index (κ2) is 5.29. The van der Waals surface area contributed by atoms with E-state index in [4.69, 9.17) is 0 Å². The highest BCUT2D eigenvalue weighted by Gasteiger charge is 2.24. The van der Waals surface area contributed by atoms with Crippen molar-refractivity contribution in [2.45, 2.75) is 17.7 Å². The minimum Gasteiger partial charge on any atom is -0.336 e. The summed E-state index contributed by atoms with van der Waals surface area (Å²) in [6, 6.07) is 9.84. The first-order chi connectivity index (χ1) is 9.25. The number of alkyl halides is 1. The van der Waals surface area contributed by atoms with Gasteiger partial charge in [0, 0.05) is 29.5 Å². The van der Waals surface area contributed by atoms with Crippen LogP contribution in [0.5, 0.6) is 0 Å². The molecule has 19 heavy (non-hydrogen) atoms. The summed E-state index contributed by atoms with van der Waals surface area (Å²) in [6.45, 7) is 1.59. The van der Waals surface area contributed by atoms with Crippen molar-refractivity contribution in [3.05, 3.63) is 42.2 Å². The highest BCUT2D eigenvalue weighted by molar-refractivity contribution is 9.09. The smallest absolute Gasteiger partial charge is 0.273 e. The van der Waals surface area contributed by atoms with Crippen LogP contribution in [0.2, 0.25) is 0 Å². The fourth-order valence-corrected chi connectivity index (χ4v) is 3.22. The lowest BCUT2D eigenvalue weighted by atomic mass is 10.1. The summed E-state index contributed by atoms with van der Waals surface area (Å²) in [7, 11) is 0. The Morgan fingerprint density at radius 3 is 3.00 bits per heavy atom. The predicted octanol–water partition coefficient (Wildman–Crippen LogP) is 3.23. The first-order valence-electron chi connectivity index (χ1n) is 6.53. The molecule has 2 heterocycles. The van der Waals surface area contributed by atoms with Gasteiger partial charge in [-0.05, 0) is 24.3 Å². The molecule has 3 nitrogen and oxygen atoms in total. The molecule has 1 amide bonds. The van der Waals surface area contributed by atoms with Crippen LogP contribution in [0.25, 0.3) is 10.8 Å². The van der Waals surface area contributed by atoms with Crippen LogP contribution in [0, 0.1) is 0 Å². The summed E-state index contributed by atoms with van der Waals surface area (Å²) < 4.78 is 0. The van der Waals surface area contributed by atoms with Gasteiger partial charge in [-0.3, -0.25) is 9.78 Å². The van der Waals surface area contributed by atoms with E-state index in [1.54, 1.807) is 6.20 Å². The number of hydrogen-bond acceptors (Lipinski definition) is 2. The van der Waals surface area contributed by atoms with E-state index in [1.807, 2.05) is 35.2 Å². The number of fused-ring (bicyclic) bond motifs is 1. The Morgan fingerprint density at radius 1 is 1.32 bits per heavy atom. The molecule has 0 spiro atoms. The SMILES string of the molecule is O=C(c1nccc2ccccc12)N1CCCC(Br)C1. The van der Waals surface area contributed by atoms with E-state index in [2.05, 4.69) is 20.9 Å². The molecule has 1 unspecified atom stereocenters. The molecule has 0 aliphatic carbocycles.